The summed E-state index contributed by atoms with van der Waals surface area (Å²) in [4.78, 5) is 34.3. The Hall–Kier alpha value is -5.08. The molecule has 2 aliphatic carbocycles. The highest BCUT2D eigenvalue weighted by atomic mass is 19.1. The van der Waals surface area contributed by atoms with Crippen LogP contribution >= 0.6 is 0 Å². The van der Waals surface area contributed by atoms with E-state index in [1.807, 2.05) is 30.3 Å². The number of carboxylic acids is 1. The summed E-state index contributed by atoms with van der Waals surface area (Å²) in [5.74, 6) is -1.71. The molecule has 2 aromatic heterocycles. The number of aromatic carboxylic acids is 1. The van der Waals surface area contributed by atoms with E-state index in [0.717, 1.165) is 41.5 Å². The molecule has 1 saturated carbocycles. The quantitative estimate of drug-likeness (QED) is 0.160. The Morgan fingerprint density at radius 3 is 2.36 bits per heavy atom. The zero-order chi connectivity index (χ0) is 31.1. The topological polar surface area (TPSA) is 121 Å². The van der Waals surface area contributed by atoms with Crippen molar-refractivity contribution in [2.24, 2.45) is 5.73 Å². The van der Waals surface area contributed by atoms with Crippen LogP contribution in [0.1, 0.15) is 67.2 Å². The van der Waals surface area contributed by atoms with Crippen LogP contribution in [-0.4, -0.2) is 32.5 Å². The Bertz CT molecular complexity index is 1930. The van der Waals surface area contributed by atoms with Gasteiger partial charge in [-0.3, -0.25) is 4.79 Å². The summed E-state index contributed by atoms with van der Waals surface area (Å²) in [6.07, 6.45) is 3.97. The molecule has 1 fully saturated rings. The number of benzene rings is 3. The molecule has 226 valence electrons. The Labute approximate surface area is 260 Å². The number of carbonyl (C=O) groups excluding carboxylic acids is 1. The van der Waals surface area contributed by atoms with Crippen molar-refractivity contribution in [3.8, 4) is 22.5 Å². The fraction of sp³-hybridized carbons (Fsp3) is 0.216. The van der Waals surface area contributed by atoms with Crippen molar-refractivity contribution in [1.82, 2.24) is 15.3 Å². The predicted octanol–water partition coefficient (Wildman–Crippen LogP) is 6.23. The van der Waals surface area contributed by atoms with Gasteiger partial charge >= 0.3 is 5.97 Å². The number of H-pyrrole nitrogens is 1. The molecule has 7 nitrogen and oxygen atoms in total. The minimum absolute atomic E-state index is 0.201. The molecular formula is C37H33FN4O3. The zero-order valence-corrected chi connectivity index (χ0v) is 24.7. The molecule has 5 N–H and O–H groups in total. The fourth-order valence-electron chi connectivity index (χ4n) is 6.37. The summed E-state index contributed by atoms with van der Waals surface area (Å²) >= 11 is 0. The van der Waals surface area contributed by atoms with Gasteiger partial charge in [0.2, 0.25) is 0 Å². The van der Waals surface area contributed by atoms with E-state index in [-0.39, 0.29) is 28.5 Å². The number of pyridine rings is 1. The van der Waals surface area contributed by atoms with Gasteiger partial charge < -0.3 is 21.1 Å². The lowest BCUT2D eigenvalue weighted by Gasteiger charge is -2.21. The van der Waals surface area contributed by atoms with E-state index in [0.29, 0.717) is 54.0 Å². The van der Waals surface area contributed by atoms with E-state index in [9.17, 15) is 19.1 Å². The van der Waals surface area contributed by atoms with Crippen LogP contribution in [0.25, 0.3) is 22.5 Å². The summed E-state index contributed by atoms with van der Waals surface area (Å²) in [5.41, 5.74) is 14.7. The normalized spacial score (nSPS) is 14.4. The second kappa shape index (κ2) is 11.4. The Morgan fingerprint density at radius 2 is 1.62 bits per heavy atom. The van der Waals surface area contributed by atoms with Crippen LogP contribution in [0, 0.1) is 5.82 Å². The number of nitrogens with two attached hydrogens (primary N) is 1. The lowest BCUT2D eigenvalue weighted by molar-refractivity contribution is 0.0694. The van der Waals surface area contributed by atoms with Crippen LogP contribution in [0.3, 0.4) is 0 Å². The highest BCUT2D eigenvalue weighted by Gasteiger charge is 2.41. The van der Waals surface area contributed by atoms with Gasteiger partial charge in [0, 0.05) is 35.3 Å². The number of carboxylic acid groups (broad SMARTS) is 1. The molecule has 2 aliphatic rings. The number of hydrogen-bond acceptors (Lipinski definition) is 4. The number of aromatic amines is 1. The Morgan fingerprint density at radius 1 is 0.911 bits per heavy atom. The molecule has 0 aliphatic heterocycles. The standard InChI is InChI=1S/C37H33FN4O3/c38-26-11-9-25(10-12-26)33-27-13-14-28-32(36(44)45)31(20-37(39)15-16-37)42-34(28)29(27)19-30(41-33)35(43)40-21-24-8-4-7-23(18-24)17-22-5-2-1-3-6-22/h1-12,18-19,42H,13-17,20-21,39H2,(H,40,43)(H,44,45). The van der Waals surface area contributed by atoms with E-state index in [1.165, 1.54) is 17.7 Å². The molecule has 45 heavy (non-hydrogen) atoms. The number of aromatic nitrogens is 2. The third-order valence-electron chi connectivity index (χ3n) is 8.88. The molecule has 0 radical (unpaired) electrons. The lowest BCUT2D eigenvalue weighted by atomic mass is 9.85. The van der Waals surface area contributed by atoms with Gasteiger partial charge in [-0.15, -0.1) is 0 Å². The van der Waals surface area contributed by atoms with Crippen molar-refractivity contribution in [3.63, 3.8) is 0 Å². The molecule has 2 heterocycles. The monoisotopic (exact) mass is 600 g/mol. The number of nitrogens with zero attached hydrogens (tertiary/aromatic N) is 1. The number of hydrogen-bond donors (Lipinski definition) is 4. The van der Waals surface area contributed by atoms with Crippen LogP contribution in [0.4, 0.5) is 4.39 Å². The van der Waals surface area contributed by atoms with Crippen LogP contribution in [0.5, 0.6) is 0 Å². The Kier molecular flexibility index (Phi) is 7.30. The second-order valence-corrected chi connectivity index (χ2v) is 12.2. The van der Waals surface area contributed by atoms with Gasteiger partial charge in [0.15, 0.2) is 0 Å². The summed E-state index contributed by atoms with van der Waals surface area (Å²) in [5, 5.41) is 13.2. The average molecular weight is 601 g/mol. The van der Waals surface area contributed by atoms with Gasteiger partial charge in [-0.25, -0.2) is 14.2 Å². The van der Waals surface area contributed by atoms with Gasteiger partial charge in [0.25, 0.3) is 5.91 Å². The number of halogens is 1. The van der Waals surface area contributed by atoms with E-state index in [2.05, 4.69) is 34.6 Å². The van der Waals surface area contributed by atoms with Crippen LogP contribution in [0.2, 0.25) is 0 Å². The van der Waals surface area contributed by atoms with Gasteiger partial charge in [-0.05, 0) is 90.3 Å². The second-order valence-electron chi connectivity index (χ2n) is 12.2. The third kappa shape index (κ3) is 5.89. The molecule has 0 bridgehead atoms. The molecule has 8 heteroatoms. The number of carbonyl (C=O) groups is 2. The maximum absolute atomic E-state index is 13.9. The van der Waals surface area contributed by atoms with Crippen molar-refractivity contribution in [3.05, 3.63) is 136 Å². The lowest BCUT2D eigenvalue weighted by Crippen LogP contribution is -2.25. The smallest absolute Gasteiger partial charge is 0.337 e. The summed E-state index contributed by atoms with van der Waals surface area (Å²) in [6, 6.07) is 26.1. The minimum atomic E-state index is -0.990. The van der Waals surface area contributed by atoms with E-state index < -0.39 is 5.97 Å². The number of rotatable bonds is 9. The van der Waals surface area contributed by atoms with Crippen molar-refractivity contribution in [2.45, 2.75) is 50.6 Å². The van der Waals surface area contributed by atoms with Gasteiger partial charge in [-0.1, -0.05) is 54.6 Å². The predicted molar refractivity (Wildman–Crippen MR) is 171 cm³/mol. The van der Waals surface area contributed by atoms with Gasteiger partial charge in [0.1, 0.15) is 11.5 Å². The van der Waals surface area contributed by atoms with Gasteiger partial charge in [-0.2, -0.15) is 0 Å². The first-order valence-electron chi connectivity index (χ1n) is 15.2. The van der Waals surface area contributed by atoms with Crippen molar-refractivity contribution in [1.29, 1.82) is 0 Å². The molecular weight excluding hydrogens is 567 g/mol. The zero-order valence-electron chi connectivity index (χ0n) is 24.7. The van der Waals surface area contributed by atoms with Crippen molar-refractivity contribution >= 4 is 11.9 Å². The Balaban J connectivity index is 1.23. The maximum Gasteiger partial charge on any atom is 0.337 e. The van der Waals surface area contributed by atoms with Crippen molar-refractivity contribution in [2.75, 3.05) is 0 Å². The van der Waals surface area contributed by atoms with Gasteiger partial charge in [0.05, 0.1) is 17.0 Å². The summed E-state index contributed by atoms with van der Waals surface area (Å²) in [7, 11) is 0. The number of fused-ring (bicyclic) bond motifs is 3. The summed E-state index contributed by atoms with van der Waals surface area (Å²) in [6.45, 7) is 0.311. The number of nitrogens with one attached hydrogen (secondary N) is 2. The molecule has 3 aromatic carbocycles. The van der Waals surface area contributed by atoms with Crippen LogP contribution in [-0.2, 0) is 32.2 Å². The molecule has 0 unspecified atom stereocenters. The SMILES string of the molecule is NC1(Cc2[nH]c3c(c2C(=O)O)CCc2c-3cc(C(=O)NCc3cccc(Cc4ccccc4)c3)nc2-c2ccc(F)cc2)CC1. The highest BCUT2D eigenvalue weighted by molar-refractivity contribution is 5.98. The summed E-state index contributed by atoms with van der Waals surface area (Å²) < 4.78 is 13.9. The molecule has 0 atom stereocenters. The fourth-order valence-corrected chi connectivity index (χ4v) is 6.37. The first-order chi connectivity index (χ1) is 21.8. The molecule has 5 aromatic rings. The van der Waals surface area contributed by atoms with Crippen LogP contribution < -0.4 is 11.1 Å². The minimum Gasteiger partial charge on any atom is -0.478 e. The van der Waals surface area contributed by atoms with Crippen molar-refractivity contribution < 1.29 is 19.1 Å². The largest absolute Gasteiger partial charge is 0.478 e. The highest BCUT2D eigenvalue weighted by Crippen LogP contribution is 2.43. The maximum atomic E-state index is 13.9. The first kappa shape index (κ1) is 28.7. The van der Waals surface area contributed by atoms with E-state index in [4.69, 9.17) is 10.7 Å². The molecule has 0 saturated heterocycles. The van der Waals surface area contributed by atoms with E-state index in [1.54, 1.807) is 18.2 Å². The molecule has 0 spiro atoms. The average Bonchev–Trinajstić information content (AvgIpc) is 3.64. The van der Waals surface area contributed by atoms with E-state index >= 15 is 0 Å². The first-order valence-corrected chi connectivity index (χ1v) is 15.2. The molecule has 7 rings (SSSR count). The molecule has 1 amide bonds. The number of amides is 1. The van der Waals surface area contributed by atoms with Crippen LogP contribution in [0.15, 0.2) is 84.9 Å². The third-order valence-corrected chi connectivity index (χ3v) is 8.88.